The molecule has 1 atom stereocenters. The molecule has 0 saturated heterocycles. The quantitative estimate of drug-likeness (QED) is 0.748. The van der Waals surface area contributed by atoms with E-state index in [-0.39, 0.29) is 5.91 Å². The van der Waals surface area contributed by atoms with Crippen molar-refractivity contribution in [2.45, 2.75) is 25.8 Å². The van der Waals surface area contributed by atoms with Crippen molar-refractivity contribution in [2.75, 3.05) is 13.7 Å². The first-order valence-electron chi connectivity index (χ1n) is 6.14. The third-order valence-electron chi connectivity index (χ3n) is 2.58. The molecule has 0 radical (unpaired) electrons. The summed E-state index contributed by atoms with van der Waals surface area (Å²) in [7, 11) is 1.26. The van der Waals surface area contributed by atoms with Crippen LogP contribution in [0.15, 0.2) is 24.5 Å². The van der Waals surface area contributed by atoms with Crippen molar-refractivity contribution >= 4 is 12.0 Å². The van der Waals surface area contributed by atoms with E-state index in [4.69, 9.17) is 0 Å². The SMILES string of the molecule is COC(=O)N[C@@H](C)C(=O)NCCCc1cccnc1. The summed E-state index contributed by atoms with van der Waals surface area (Å²) < 4.78 is 4.42. The van der Waals surface area contributed by atoms with E-state index in [2.05, 4.69) is 20.4 Å². The van der Waals surface area contributed by atoms with Gasteiger partial charge in [0.1, 0.15) is 6.04 Å². The number of aromatic nitrogens is 1. The van der Waals surface area contributed by atoms with Crippen LogP contribution in [0.4, 0.5) is 4.79 Å². The van der Waals surface area contributed by atoms with Crippen LogP contribution in [0.25, 0.3) is 0 Å². The molecule has 1 aromatic rings. The maximum absolute atomic E-state index is 11.6. The zero-order valence-electron chi connectivity index (χ0n) is 11.2. The predicted octanol–water partition coefficient (Wildman–Crippen LogP) is 0.875. The van der Waals surface area contributed by atoms with Gasteiger partial charge in [0.25, 0.3) is 0 Å². The van der Waals surface area contributed by atoms with Gasteiger partial charge in [-0.3, -0.25) is 9.78 Å². The summed E-state index contributed by atoms with van der Waals surface area (Å²) >= 11 is 0. The molecule has 1 rings (SSSR count). The molecule has 19 heavy (non-hydrogen) atoms. The van der Waals surface area contributed by atoms with E-state index >= 15 is 0 Å². The van der Waals surface area contributed by atoms with Gasteiger partial charge in [0.15, 0.2) is 0 Å². The Morgan fingerprint density at radius 1 is 1.47 bits per heavy atom. The van der Waals surface area contributed by atoms with Crippen molar-refractivity contribution < 1.29 is 14.3 Å². The number of alkyl carbamates (subject to hydrolysis) is 1. The number of nitrogens with one attached hydrogen (secondary N) is 2. The lowest BCUT2D eigenvalue weighted by atomic mass is 10.1. The Morgan fingerprint density at radius 3 is 2.89 bits per heavy atom. The van der Waals surface area contributed by atoms with Crippen LogP contribution in [0.3, 0.4) is 0 Å². The molecule has 2 N–H and O–H groups in total. The van der Waals surface area contributed by atoms with Gasteiger partial charge in [-0.2, -0.15) is 0 Å². The lowest BCUT2D eigenvalue weighted by molar-refractivity contribution is -0.122. The fraction of sp³-hybridized carbons (Fsp3) is 0.462. The topological polar surface area (TPSA) is 80.3 Å². The van der Waals surface area contributed by atoms with Gasteiger partial charge in [0.2, 0.25) is 5.91 Å². The summed E-state index contributed by atoms with van der Waals surface area (Å²) in [6, 6.07) is 3.28. The minimum absolute atomic E-state index is 0.225. The summed E-state index contributed by atoms with van der Waals surface area (Å²) in [5, 5.41) is 5.16. The Kier molecular flexibility index (Phi) is 6.35. The van der Waals surface area contributed by atoms with Gasteiger partial charge in [0, 0.05) is 18.9 Å². The number of ether oxygens (including phenoxy) is 1. The Balaban J connectivity index is 2.18. The third kappa shape index (κ3) is 5.85. The highest BCUT2D eigenvalue weighted by Gasteiger charge is 2.14. The zero-order chi connectivity index (χ0) is 14.1. The van der Waals surface area contributed by atoms with Crippen molar-refractivity contribution in [1.29, 1.82) is 0 Å². The molecule has 0 spiro atoms. The molecule has 0 aliphatic carbocycles. The second-order valence-corrected chi connectivity index (χ2v) is 4.11. The molecule has 1 aromatic heterocycles. The average molecular weight is 265 g/mol. The molecule has 2 amide bonds. The molecule has 0 aromatic carbocycles. The Morgan fingerprint density at radius 2 is 2.26 bits per heavy atom. The molecule has 6 heteroatoms. The minimum atomic E-state index is -0.613. The van der Waals surface area contributed by atoms with Gasteiger partial charge in [0.05, 0.1) is 7.11 Å². The summed E-state index contributed by atoms with van der Waals surface area (Å²) in [4.78, 5) is 26.6. The molecule has 0 bridgehead atoms. The Hall–Kier alpha value is -2.11. The van der Waals surface area contributed by atoms with Crippen LogP contribution in [0, 0.1) is 0 Å². The van der Waals surface area contributed by atoms with Crippen LogP contribution in [0.5, 0.6) is 0 Å². The predicted molar refractivity (Wildman–Crippen MR) is 70.6 cm³/mol. The van der Waals surface area contributed by atoms with Gasteiger partial charge in [-0.15, -0.1) is 0 Å². The second-order valence-electron chi connectivity index (χ2n) is 4.11. The lowest BCUT2D eigenvalue weighted by Crippen LogP contribution is -2.45. The number of aryl methyl sites for hydroxylation is 1. The molecule has 0 saturated carbocycles. The number of rotatable bonds is 6. The van der Waals surface area contributed by atoms with Crippen LogP contribution in [-0.4, -0.2) is 36.7 Å². The smallest absolute Gasteiger partial charge is 0.407 e. The van der Waals surface area contributed by atoms with Crippen molar-refractivity contribution in [1.82, 2.24) is 15.6 Å². The van der Waals surface area contributed by atoms with E-state index in [1.54, 1.807) is 13.1 Å². The van der Waals surface area contributed by atoms with Crippen LogP contribution in [-0.2, 0) is 16.0 Å². The number of amides is 2. The largest absolute Gasteiger partial charge is 0.453 e. The van der Waals surface area contributed by atoms with Gasteiger partial charge >= 0.3 is 6.09 Å². The highest BCUT2D eigenvalue weighted by Crippen LogP contribution is 1.99. The van der Waals surface area contributed by atoms with E-state index in [1.165, 1.54) is 7.11 Å². The monoisotopic (exact) mass is 265 g/mol. The van der Waals surface area contributed by atoms with Crippen molar-refractivity contribution in [2.24, 2.45) is 0 Å². The number of carbonyl (C=O) groups excluding carboxylic acids is 2. The van der Waals surface area contributed by atoms with Crippen molar-refractivity contribution in [3.8, 4) is 0 Å². The summed E-state index contributed by atoms with van der Waals surface area (Å²) in [6.45, 7) is 2.16. The Labute approximate surface area is 112 Å². The molecular formula is C13H19N3O3. The fourth-order valence-electron chi connectivity index (χ4n) is 1.50. The molecule has 0 unspecified atom stereocenters. The van der Waals surface area contributed by atoms with E-state index < -0.39 is 12.1 Å². The number of hydrogen-bond acceptors (Lipinski definition) is 4. The normalized spacial score (nSPS) is 11.5. The zero-order valence-corrected chi connectivity index (χ0v) is 11.2. The first-order chi connectivity index (χ1) is 9.13. The molecule has 0 aliphatic rings. The number of methoxy groups -OCH3 is 1. The summed E-state index contributed by atoms with van der Waals surface area (Å²) in [5.74, 6) is -0.225. The highest BCUT2D eigenvalue weighted by atomic mass is 16.5. The van der Waals surface area contributed by atoms with Crippen LogP contribution >= 0.6 is 0 Å². The molecule has 0 aliphatic heterocycles. The van der Waals surface area contributed by atoms with E-state index in [0.717, 1.165) is 18.4 Å². The van der Waals surface area contributed by atoms with Gasteiger partial charge in [-0.05, 0) is 31.4 Å². The van der Waals surface area contributed by atoms with Crippen molar-refractivity contribution in [3.05, 3.63) is 30.1 Å². The molecule has 0 fully saturated rings. The first-order valence-corrected chi connectivity index (χ1v) is 6.14. The van der Waals surface area contributed by atoms with E-state index in [1.807, 2.05) is 18.3 Å². The lowest BCUT2D eigenvalue weighted by Gasteiger charge is -2.13. The number of nitrogens with zero attached hydrogens (tertiary/aromatic N) is 1. The molecule has 1 heterocycles. The standard InChI is InChI=1S/C13H19N3O3/c1-10(16-13(18)19-2)12(17)15-8-4-6-11-5-3-7-14-9-11/h3,5,7,9-10H,4,6,8H2,1-2H3,(H,15,17)(H,16,18)/t10-/m0/s1. The molecular weight excluding hydrogens is 246 g/mol. The van der Waals surface area contributed by atoms with Crippen molar-refractivity contribution in [3.63, 3.8) is 0 Å². The van der Waals surface area contributed by atoms with Gasteiger partial charge in [-0.1, -0.05) is 6.07 Å². The van der Waals surface area contributed by atoms with Gasteiger partial charge in [-0.25, -0.2) is 4.79 Å². The van der Waals surface area contributed by atoms with Crippen LogP contribution in [0.2, 0.25) is 0 Å². The van der Waals surface area contributed by atoms with Gasteiger partial charge < -0.3 is 15.4 Å². The molecule has 6 nitrogen and oxygen atoms in total. The minimum Gasteiger partial charge on any atom is -0.453 e. The molecule has 104 valence electrons. The first kappa shape index (κ1) is 14.9. The summed E-state index contributed by atoms with van der Waals surface area (Å²) in [6.07, 6.45) is 4.60. The van der Waals surface area contributed by atoms with Crippen LogP contribution in [0.1, 0.15) is 18.9 Å². The van der Waals surface area contributed by atoms with Crippen LogP contribution < -0.4 is 10.6 Å². The maximum atomic E-state index is 11.6. The van der Waals surface area contributed by atoms with E-state index in [0.29, 0.717) is 6.54 Å². The maximum Gasteiger partial charge on any atom is 0.407 e. The second kappa shape index (κ2) is 8.07. The average Bonchev–Trinajstić information content (AvgIpc) is 2.44. The third-order valence-corrected chi connectivity index (χ3v) is 2.58. The number of carbonyl (C=O) groups is 2. The number of pyridine rings is 1. The van der Waals surface area contributed by atoms with E-state index in [9.17, 15) is 9.59 Å². The summed E-state index contributed by atoms with van der Waals surface area (Å²) in [5.41, 5.74) is 1.14. The Bertz CT molecular complexity index is 409. The fourth-order valence-corrected chi connectivity index (χ4v) is 1.50. The number of hydrogen-bond donors (Lipinski definition) is 2. The highest BCUT2D eigenvalue weighted by molar-refractivity contribution is 5.85.